The molecular formula is C16H17NO5. The Morgan fingerprint density at radius 1 is 1.18 bits per heavy atom. The molecule has 1 saturated carbocycles. The van der Waals surface area contributed by atoms with Crippen LogP contribution in [-0.2, 0) is 14.4 Å². The zero-order valence-electron chi connectivity index (χ0n) is 12.2. The molecule has 0 aromatic heterocycles. The molecule has 1 fully saturated rings. The fourth-order valence-electron chi connectivity index (χ4n) is 3.09. The van der Waals surface area contributed by atoms with Crippen LogP contribution in [0.1, 0.15) is 37.7 Å². The van der Waals surface area contributed by atoms with E-state index in [1.807, 2.05) is 0 Å². The summed E-state index contributed by atoms with van der Waals surface area (Å²) in [6.45, 7) is 1.13. The number of rotatable bonds is 5. The highest BCUT2D eigenvalue weighted by molar-refractivity contribution is 6.06. The van der Waals surface area contributed by atoms with Crippen molar-refractivity contribution in [2.45, 2.75) is 38.1 Å². The molecule has 0 N–H and O–H groups in total. The summed E-state index contributed by atoms with van der Waals surface area (Å²) in [4.78, 5) is 46.9. The molecule has 6 nitrogen and oxygen atoms in total. The largest absolute Gasteiger partial charge is 0.299 e. The van der Waals surface area contributed by atoms with E-state index >= 15 is 0 Å². The molecule has 116 valence electrons. The Labute approximate surface area is 127 Å². The quantitative estimate of drug-likeness (QED) is 0.470. The van der Waals surface area contributed by atoms with Gasteiger partial charge in [0.1, 0.15) is 11.6 Å². The Kier molecular flexibility index (Phi) is 4.80. The molecule has 2 rings (SSSR count). The van der Waals surface area contributed by atoms with Crippen LogP contribution in [0.5, 0.6) is 0 Å². The zero-order chi connectivity index (χ0) is 16.3. The molecule has 0 amide bonds. The third kappa shape index (κ3) is 3.10. The molecule has 1 aromatic carbocycles. The second kappa shape index (κ2) is 6.60. The molecule has 0 saturated heterocycles. The van der Waals surface area contributed by atoms with Gasteiger partial charge in [-0.05, 0) is 12.0 Å². The van der Waals surface area contributed by atoms with E-state index in [0.29, 0.717) is 12.0 Å². The second-order valence-corrected chi connectivity index (χ2v) is 5.54. The first-order chi connectivity index (χ1) is 10.4. The van der Waals surface area contributed by atoms with Crippen molar-refractivity contribution in [2.24, 2.45) is 5.92 Å². The van der Waals surface area contributed by atoms with Crippen molar-refractivity contribution in [3.8, 4) is 0 Å². The van der Waals surface area contributed by atoms with Gasteiger partial charge in [0.15, 0.2) is 0 Å². The van der Waals surface area contributed by atoms with Crippen LogP contribution < -0.4 is 0 Å². The first kappa shape index (κ1) is 16.0. The average molecular weight is 303 g/mol. The van der Waals surface area contributed by atoms with Crippen LogP contribution in [0.25, 0.3) is 0 Å². The third-order valence-electron chi connectivity index (χ3n) is 4.07. The molecule has 0 heterocycles. The van der Waals surface area contributed by atoms with Gasteiger partial charge in [0, 0.05) is 24.7 Å². The molecule has 22 heavy (non-hydrogen) atoms. The number of benzene rings is 1. The van der Waals surface area contributed by atoms with Gasteiger partial charge in [0.2, 0.25) is 5.78 Å². The molecule has 0 radical (unpaired) electrons. The molecule has 1 aliphatic rings. The molecule has 0 spiro atoms. The van der Waals surface area contributed by atoms with Crippen LogP contribution in [0.2, 0.25) is 0 Å². The smallest absolute Gasteiger partial charge is 0.277 e. The van der Waals surface area contributed by atoms with Crippen molar-refractivity contribution in [2.75, 3.05) is 0 Å². The molecule has 2 unspecified atom stereocenters. The predicted octanol–water partition coefficient (Wildman–Crippen LogP) is 1.94. The van der Waals surface area contributed by atoms with Crippen LogP contribution in [0.3, 0.4) is 0 Å². The Bertz CT molecular complexity index is 580. The van der Waals surface area contributed by atoms with Crippen molar-refractivity contribution in [3.05, 3.63) is 46.0 Å². The fourth-order valence-corrected chi connectivity index (χ4v) is 3.09. The van der Waals surface area contributed by atoms with E-state index in [1.165, 1.54) is 0 Å². The van der Waals surface area contributed by atoms with Crippen LogP contribution >= 0.6 is 0 Å². The Balaban J connectivity index is 2.54. The summed E-state index contributed by atoms with van der Waals surface area (Å²) in [7, 11) is 0. The van der Waals surface area contributed by atoms with Gasteiger partial charge in [0.05, 0.1) is 11.8 Å². The zero-order valence-corrected chi connectivity index (χ0v) is 12.2. The topological polar surface area (TPSA) is 94.3 Å². The maximum absolute atomic E-state index is 12.2. The SMILES string of the molecule is CC(=O)C(C(c1ccccc1)C1C(=O)CCCC1=O)[N+](=O)[O-]. The Morgan fingerprint density at radius 2 is 1.73 bits per heavy atom. The molecule has 1 aromatic rings. The first-order valence-electron chi connectivity index (χ1n) is 7.17. The number of hydrogen-bond acceptors (Lipinski definition) is 5. The standard InChI is InChI=1S/C16H17NO5/c1-10(18)16(17(21)22)14(11-6-3-2-4-7-11)15-12(19)8-5-9-13(15)20/h2-4,6-7,14-16H,5,8-9H2,1H3. The van der Waals surface area contributed by atoms with Gasteiger partial charge in [-0.3, -0.25) is 24.5 Å². The normalized spacial score (nSPS) is 18.8. The summed E-state index contributed by atoms with van der Waals surface area (Å²) in [5.41, 5.74) is 0.480. The average Bonchev–Trinajstić information content (AvgIpc) is 2.46. The van der Waals surface area contributed by atoms with Crippen LogP contribution in [-0.4, -0.2) is 28.3 Å². The van der Waals surface area contributed by atoms with Crippen molar-refractivity contribution < 1.29 is 19.3 Å². The minimum absolute atomic E-state index is 0.224. The van der Waals surface area contributed by atoms with E-state index < -0.39 is 28.6 Å². The van der Waals surface area contributed by atoms with Gasteiger partial charge < -0.3 is 0 Å². The summed E-state index contributed by atoms with van der Waals surface area (Å²) in [5, 5.41) is 11.4. The van der Waals surface area contributed by atoms with Crippen LogP contribution in [0.15, 0.2) is 30.3 Å². The fraction of sp³-hybridized carbons (Fsp3) is 0.438. The van der Waals surface area contributed by atoms with Gasteiger partial charge in [-0.1, -0.05) is 30.3 Å². The predicted molar refractivity (Wildman–Crippen MR) is 78.0 cm³/mol. The molecular weight excluding hydrogens is 286 g/mol. The minimum Gasteiger partial charge on any atom is -0.299 e. The summed E-state index contributed by atoms with van der Waals surface area (Å²) in [5.74, 6) is -3.40. The summed E-state index contributed by atoms with van der Waals surface area (Å²) >= 11 is 0. The first-order valence-corrected chi connectivity index (χ1v) is 7.17. The summed E-state index contributed by atoms with van der Waals surface area (Å²) in [6.07, 6.45) is 0.920. The van der Waals surface area contributed by atoms with E-state index in [-0.39, 0.29) is 24.4 Å². The second-order valence-electron chi connectivity index (χ2n) is 5.54. The van der Waals surface area contributed by atoms with Crippen LogP contribution in [0.4, 0.5) is 0 Å². The van der Waals surface area contributed by atoms with Gasteiger partial charge in [-0.25, -0.2) is 0 Å². The molecule has 6 heteroatoms. The minimum atomic E-state index is -1.58. The maximum atomic E-state index is 12.2. The van der Waals surface area contributed by atoms with E-state index in [1.54, 1.807) is 30.3 Å². The molecule has 0 aliphatic heterocycles. The van der Waals surface area contributed by atoms with E-state index in [0.717, 1.165) is 6.92 Å². The van der Waals surface area contributed by atoms with Gasteiger partial charge in [0.25, 0.3) is 6.04 Å². The Morgan fingerprint density at radius 3 is 2.18 bits per heavy atom. The molecule has 0 bridgehead atoms. The lowest BCUT2D eigenvalue weighted by molar-refractivity contribution is -0.512. The number of nitro groups is 1. The maximum Gasteiger partial charge on any atom is 0.277 e. The molecule has 2 atom stereocenters. The number of ketones is 3. The van der Waals surface area contributed by atoms with Crippen molar-refractivity contribution in [3.63, 3.8) is 0 Å². The van der Waals surface area contributed by atoms with E-state index in [9.17, 15) is 24.5 Å². The number of nitrogens with zero attached hydrogens (tertiary/aromatic N) is 1. The van der Waals surface area contributed by atoms with E-state index in [2.05, 4.69) is 0 Å². The molecule has 1 aliphatic carbocycles. The van der Waals surface area contributed by atoms with Crippen molar-refractivity contribution in [1.29, 1.82) is 0 Å². The Hall–Kier alpha value is -2.37. The van der Waals surface area contributed by atoms with Gasteiger partial charge in [-0.2, -0.15) is 0 Å². The lowest BCUT2D eigenvalue weighted by Crippen LogP contribution is -2.44. The number of carbonyl (C=O) groups is 3. The third-order valence-corrected chi connectivity index (χ3v) is 4.07. The number of Topliss-reactive ketones (excluding diaryl/α,β-unsaturated/α-hetero) is 3. The van der Waals surface area contributed by atoms with Crippen molar-refractivity contribution in [1.82, 2.24) is 0 Å². The number of carbonyl (C=O) groups excluding carboxylic acids is 3. The number of hydrogen-bond donors (Lipinski definition) is 0. The van der Waals surface area contributed by atoms with Crippen molar-refractivity contribution >= 4 is 17.3 Å². The lowest BCUT2D eigenvalue weighted by atomic mass is 9.71. The lowest BCUT2D eigenvalue weighted by Gasteiger charge is -2.29. The summed E-state index contributed by atoms with van der Waals surface area (Å²) in [6, 6.07) is 6.76. The highest BCUT2D eigenvalue weighted by atomic mass is 16.6. The van der Waals surface area contributed by atoms with Crippen LogP contribution in [0, 0.1) is 16.0 Å². The highest BCUT2D eigenvalue weighted by Crippen LogP contribution is 2.35. The van der Waals surface area contributed by atoms with E-state index in [4.69, 9.17) is 0 Å². The van der Waals surface area contributed by atoms with Gasteiger partial charge in [-0.15, -0.1) is 0 Å². The summed E-state index contributed by atoms with van der Waals surface area (Å²) < 4.78 is 0. The monoisotopic (exact) mass is 303 g/mol. The highest BCUT2D eigenvalue weighted by Gasteiger charge is 2.48. The van der Waals surface area contributed by atoms with Gasteiger partial charge >= 0.3 is 0 Å².